The molecule has 0 bridgehead atoms. The summed E-state index contributed by atoms with van der Waals surface area (Å²) < 4.78 is 13.3. The summed E-state index contributed by atoms with van der Waals surface area (Å²) in [5.74, 6) is -0.232. The fourth-order valence-corrected chi connectivity index (χ4v) is 2.72. The maximum Gasteiger partial charge on any atom is 0.123 e. The van der Waals surface area contributed by atoms with Gasteiger partial charge in [-0.25, -0.2) is 9.37 Å². The summed E-state index contributed by atoms with van der Waals surface area (Å²) in [6.45, 7) is 3.48. The predicted octanol–water partition coefficient (Wildman–Crippen LogP) is 4.13. The summed E-state index contributed by atoms with van der Waals surface area (Å²) in [6, 6.07) is 8.34. The molecule has 0 aliphatic rings. The molecule has 1 aromatic heterocycles. The Kier molecular flexibility index (Phi) is 5.19. The van der Waals surface area contributed by atoms with E-state index in [2.05, 4.69) is 10.3 Å². The summed E-state index contributed by atoms with van der Waals surface area (Å²) >= 11 is 7.54. The Labute approximate surface area is 121 Å². The van der Waals surface area contributed by atoms with E-state index in [4.69, 9.17) is 11.6 Å². The van der Waals surface area contributed by atoms with Crippen LogP contribution in [0, 0.1) is 5.82 Å². The number of rotatable bonds is 5. The number of nitrogens with zero attached hydrogens (tertiary/aromatic N) is 1. The summed E-state index contributed by atoms with van der Waals surface area (Å²) in [5.41, 5.74) is 0.911. The third-order valence-corrected chi connectivity index (χ3v) is 4.07. The van der Waals surface area contributed by atoms with E-state index < -0.39 is 0 Å². The van der Waals surface area contributed by atoms with Gasteiger partial charge in [0.15, 0.2) is 0 Å². The zero-order chi connectivity index (χ0) is 13.7. The van der Waals surface area contributed by atoms with Crippen LogP contribution in [0.25, 0.3) is 0 Å². The first-order valence-electron chi connectivity index (χ1n) is 5.98. The summed E-state index contributed by atoms with van der Waals surface area (Å²) in [5, 5.41) is 4.53. The average molecular weight is 297 g/mol. The van der Waals surface area contributed by atoms with Gasteiger partial charge in [0, 0.05) is 17.6 Å². The molecule has 100 valence electrons. The van der Waals surface area contributed by atoms with Crippen molar-refractivity contribution in [1.29, 1.82) is 0 Å². The molecule has 0 spiro atoms. The van der Waals surface area contributed by atoms with Gasteiger partial charge < -0.3 is 5.32 Å². The van der Waals surface area contributed by atoms with Crippen molar-refractivity contribution in [2.45, 2.75) is 23.4 Å². The Balaban J connectivity index is 2.26. The topological polar surface area (TPSA) is 24.9 Å². The first kappa shape index (κ1) is 14.3. The van der Waals surface area contributed by atoms with Crippen LogP contribution in [-0.4, -0.2) is 11.5 Å². The average Bonchev–Trinajstić information content (AvgIpc) is 2.41. The molecule has 19 heavy (non-hydrogen) atoms. The van der Waals surface area contributed by atoms with E-state index in [-0.39, 0.29) is 5.82 Å². The van der Waals surface area contributed by atoms with E-state index in [1.54, 1.807) is 30.5 Å². The van der Waals surface area contributed by atoms with Crippen LogP contribution in [0.5, 0.6) is 0 Å². The molecule has 1 heterocycles. The minimum absolute atomic E-state index is 0.232. The van der Waals surface area contributed by atoms with Crippen molar-refractivity contribution in [2.24, 2.45) is 0 Å². The van der Waals surface area contributed by atoms with Gasteiger partial charge in [-0.3, -0.25) is 0 Å². The fraction of sp³-hybridized carbons (Fsp3) is 0.214. The molecule has 0 saturated carbocycles. The van der Waals surface area contributed by atoms with Crippen LogP contribution < -0.4 is 5.32 Å². The first-order chi connectivity index (χ1) is 9.20. The van der Waals surface area contributed by atoms with Crippen molar-refractivity contribution in [3.63, 3.8) is 0 Å². The minimum Gasteiger partial charge on any atom is -0.313 e. The number of benzene rings is 1. The Morgan fingerprint density at radius 3 is 2.95 bits per heavy atom. The number of pyridine rings is 1. The number of halogens is 2. The molecule has 0 aliphatic heterocycles. The molecule has 0 amide bonds. The highest BCUT2D eigenvalue weighted by Crippen LogP contribution is 2.33. The van der Waals surface area contributed by atoms with Gasteiger partial charge in [-0.2, -0.15) is 0 Å². The van der Waals surface area contributed by atoms with Crippen molar-refractivity contribution in [3.05, 3.63) is 52.9 Å². The van der Waals surface area contributed by atoms with E-state index >= 15 is 0 Å². The van der Waals surface area contributed by atoms with E-state index in [1.807, 2.05) is 6.92 Å². The maximum atomic E-state index is 13.3. The zero-order valence-corrected chi connectivity index (χ0v) is 12.1. The molecular weight excluding hydrogens is 283 g/mol. The van der Waals surface area contributed by atoms with Crippen LogP contribution >= 0.6 is 23.4 Å². The Bertz CT molecular complexity index is 563. The molecule has 0 saturated heterocycles. The lowest BCUT2D eigenvalue weighted by Gasteiger charge is -2.10. The Hall–Kier alpha value is -1.10. The molecule has 1 N–H and O–H groups in total. The lowest BCUT2D eigenvalue weighted by atomic mass is 10.2. The van der Waals surface area contributed by atoms with Crippen LogP contribution in [0.1, 0.15) is 12.5 Å². The van der Waals surface area contributed by atoms with Gasteiger partial charge in [-0.15, -0.1) is 0 Å². The normalized spacial score (nSPS) is 10.7. The Morgan fingerprint density at radius 1 is 1.37 bits per heavy atom. The van der Waals surface area contributed by atoms with E-state index in [0.717, 1.165) is 22.0 Å². The minimum atomic E-state index is -0.232. The highest BCUT2D eigenvalue weighted by atomic mass is 35.5. The lowest BCUT2D eigenvalue weighted by molar-refractivity contribution is 0.619. The van der Waals surface area contributed by atoms with Gasteiger partial charge >= 0.3 is 0 Å². The fourth-order valence-electron chi connectivity index (χ4n) is 1.60. The van der Waals surface area contributed by atoms with Gasteiger partial charge in [0.2, 0.25) is 0 Å². The molecule has 0 fully saturated rings. The number of hydrogen-bond acceptors (Lipinski definition) is 3. The summed E-state index contributed by atoms with van der Waals surface area (Å²) in [6.07, 6.45) is 1.70. The van der Waals surface area contributed by atoms with E-state index in [0.29, 0.717) is 11.6 Å². The molecule has 2 rings (SSSR count). The van der Waals surface area contributed by atoms with Gasteiger partial charge in [-0.1, -0.05) is 30.3 Å². The number of aromatic nitrogens is 1. The van der Waals surface area contributed by atoms with Gasteiger partial charge in [-0.05, 0) is 42.4 Å². The molecule has 2 aromatic rings. The van der Waals surface area contributed by atoms with Crippen LogP contribution in [-0.2, 0) is 6.54 Å². The highest BCUT2D eigenvalue weighted by Gasteiger charge is 2.09. The molecule has 1 aromatic carbocycles. The van der Waals surface area contributed by atoms with Crippen molar-refractivity contribution >= 4 is 23.4 Å². The van der Waals surface area contributed by atoms with E-state index in [9.17, 15) is 4.39 Å². The van der Waals surface area contributed by atoms with Crippen LogP contribution in [0.4, 0.5) is 4.39 Å². The second kappa shape index (κ2) is 6.89. The summed E-state index contributed by atoms with van der Waals surface area (Å²) in [4.78, 5) is 5.20. The molecule has 2 nitrogen and oxygen atoms in total. The molecule has 0 radical (unpaired) electrons. The summed E-state index contributed by atoms with van der Waals surface area (Å²) in [7, 11) is 0. The van der Waals surface area contributed by atoms with Crippen LogP contribution in [0.3, 0.4) is 0 Å². The molecule has 0 aliphatic carbocycles. The molecule has 0 atom stereocenters. The SMILES string of the molecule is CCNCc1cc(F)ccc1Sc1ncccc1Cl. The van der Waals surface area contributed by atoms with E-state index in [1.165, 1.54) is 17.8 Å². The second-order valence-corrected chi connectivity index (χ2v) is 5.36. The molecular formula is C14H14ClFN2S. The molecule has 5 heteroatoms. The van der Waals surface area contributed by atoms with Crippen molar-refractivity contribution in [3.8, 4) is 0 Å². The quantitative estimate of drug-likeness (QED) is 0.898. The smallest absolute Gasteiger partial charge is 0.123 e. The maximum absolute atomic E-state index is 13.3. The van der Waals surface area contributed by atoms with Gasteiger partial charge in [0.05, 0.1) is 5.02 Å². The standard InChI is InChI=1S/C14H14ClFN2S/c1-2-17-9-10-8-11(16)5-6-13(10)19-14-12(15)4-3-7-18-14/h3-8,17H,2,9H2,1H3. The lowest BCUT2D eigenvalue weighted by Crippen LogP contribution is -2.12. The van der Waals surface area contributed by atoms with Crippen molar-refractivity contribution in [2.75, 3.05) is 6.54 Å². The monoisotopic (exact) mass is 296 g/mol. The van der Waals surface area contributed by atoms with Crippen molar-refractivity contribution in [1.82, 2.24) is 10.3 Å². The zero-order valence-electron chi connectivity index (χ0n) is 10.5. The number of nitrogens with one attached hydrogen (secondary N) is 1. The van der Waals surface area contributed by atoms with Gasteiger partial charge in [0.25, 0.3) is 0 Å². The van der Waals surface area contributed by atoms with Crippen LogP contribution in [0.15, 0.2) is 46.5 Å². The largest absolute Gasteiger partial charge is 0.313 e. The van der Waals surface area contributed by atoms with Crippen molar-refractivity contribution < 1.29 is 4.39 Å². The molecule has 0 unspecified atom stereocenters. The predicted molar refractivity (Wildman–Crippen MR) is 77.2 cm³/mol. The second-order valence-electron chi connectivity index (χ2n) is 3.92. The van der Waals surface area contributed by atoms with Crippen LogP contribution in [0.2, 0.25) is 5.02 Å². The third-order valence-electron chi connectivity index (χ3n) is 2.52. The van der Waals surface area contributed by atoms with Gasteiger partial charge in [0.1, 0.15) is 10.8 Å². The Morgan fingerprint density at radius 2 is 2.21 bits per heavy atom. The number of hydrogen-bond donors (Lipinski definition) is 1. The highest BCUT2D eigenvalue weighted by molar-refractivity contribution is 7.99. The third kappa shape index (κ3) is 3.93. The first-order valence-corrected chi connectivity index (χ1v) is 7.17.